The van der Waals surface area contributed by atoms with Crippen LogP contribution in [0.1, 0.15) is 102 Å². The maximum atomic E-state index is 12.4. The molecule has 5 saturated carbocycles. The van der Waals surface area contributed by atoms with Crippen molar-refractivity contribution >= 4 is 0 Å². The predicted molar refractivity (Wildman–Crippen MR) is 147 cm³/mol. The van der Waals surface area contributed by atoms with Crippen molar-refractivity contribution in [1.82, 2.24) is 4.90 Å². The zero-order valence-electron chi connectivity index (χ0n) is 23.5. The molecule has 1 aromatic carbocycles. The lowest BCUT2D eigenvalue weighted by molar-refractivity contribution is -0.303. The molecule has 208 valence electrons. The van der Waals surface area contributed by atoms with Crippen LogP contribution in [0.4, 0.5) is 0 Å². The highest BCUT2D eigenvalue weighted by Crippen LogP contribution is 2.77. The number of aromatic hydroxyl groups is 1. The standard InChI is InChI=1S/C33H47NO4/c1-30(36,13-12-21-6-4-3-5-7-21)25-19-31-14-15-33(25,37-2)29-32(31)16-17-34(20-22-8-9-22)26(31)18-23-10-11-24(35)28(38-29)27(23)32/h10-11,21-22,25-26,29,35-36H,3-9,12-20H2,1-2H3/t25-,26-,29-,30+,31-,32+,33-/m1/s1. The summed E-state index contributed by atoms with van der Waals surface area (Å²) < 4.78 is 13.6. The number of hydrogen-bond acceptors (Lipinski definition) is 5. The minimum atomic E-state index is -0.793. The molecule has 0 unspecified atom stereocenters. The van der Waals surface area contributed by atoms with E-state index in [1.54, 1.807) is 0 Å². The molecule has 1 saturated heterocycles. The average Bonchev–Trinajstić information content (AvgIpc) is 3.67. The molecule has 0 radical (unpaired) electrons. The molecule has 9 rings (SSSR count). The van der Waals surface area contributed by atoms with Crippen molar-refractivity contribution in [2.45, 2.75) is 126 Å². The molecule has 0 aromatic heterocycles. The largest absolute Gasteiger partial charge is 0.504 e. The number of phenolic OH excluding ortho intramolecular Hbond substituents is 1. The van der Waals surface area contributed by atoms with Crippen LogP contribution in [0.5, 0.6) is 11.5 Å². The Balaban J connectivity index is 1.23. The van der Waals surface area contributed by atoms with E-state index in [-0.39, 0.29) is 28.6 Å². The topological polar surface area (TPSA) is 62.2 Å². The van der Waals surface area contributed by atoms with Crippen LogP contribution < -0.4 is 4.74 Å². The number of nitrogens with zero attached hydrogens (tertiary/aromatic N) is 1. The number of aliphatic hydroxyl groups is 1. The second-order valence-electron chi connectivity index (χ2n) is 14.8. The quantitative estimate of drug-likeness (QED) is 0.480. The molecule has 2 heterocycles. The minimum absolute atomic E-state index is 0.0387. The molecule has 2 N–H and O–H groups in total. The van der Waals surface area contributed by atoms with Crippen LogP contribution in [0.3, 0.4) is 0 Å². The van der Waals surface area contributed by atoms with Gasteiger partial charge in [-0.2, -0.15) is 0 Å². The molecule has 8 aliphatic rings. The van der Waals surface area contributed by atoms with Crippen molar-refractivity contribution in [2.75, 3.05) is 20.2 Å². The SMILES string of the molecule is CO[C@]12CC[C@@]3(C[C@@H]1[C@@](C)(O)CCC1CCCCC1)[C@H]1Cc4ccc(O)c5c4[C@@]3(CCN1CC1CC1)[C@H]2O5. The van der Waals surface area contributed by atoms with Crippen molar-refractivity contribution < 1.29 is 19.7 Å². The normalized spacial score (nSPS) is 43.0. The van der Waals surface area contributed by atoms with Gasteiger partial charge in [-0.05, 0) is 94.7 Å². The van der Waals surface area contributed by atoms with E-state index < -0.39 is 11.2 Å². The van der Waals surface area contributed by atoms with E-state index >= 15 is 0 Å². The molecular formula is C33H47NO4. The molecule has 5 nitrogen and oxygen atoms in total. The first-order chi connectivity index (χ1) is 18.3. The maximum absolute atomic E-state index is 12.4. The number of hydrogen-bond donors (Lipinski definition) is 2. The number of piperidine rings is 1. The summed E-state index contributed by atoms with van der Waals surface area (Å²) in [5, 5.41) is 23.5. The smallest absolute Gasteiger partial charge is 0.165 e. The highest BCUT2D eigenvalue weighted by atomic mass is 16.6. The van der Waals surface area contributed by atoms with Gasteiger partial charge in [0.1, 0.15) is 11.7 Å². The number of methoxy groups -OCH3 is 1. The third-order valence-corrected chi connectivity index (χ3v) is 13.2. The molecular weight excluding hydrogens is 474 g/mol. The van der Waals surface area contributed by atoms with Crippen LogP contribution in [0.15, 0.2) is 12.1 Å². The zero-order valence-corrected chi connectivity index (χ0v) is 23.5. The number of phenols is 1. The van der Waals surface area contributed by atoms with Crippen LogP contribution in [-0.2, 0) is 16.6 Å². The van der Waals surface area contributed by atoms with Crippen molar-refractivity contribution in [3.05, 3.63) is 23.3 Å². The summed E-state index contributed by atoms with van der Waals surface area (Å²) in [7, 11) is 1.87. The first-order valence-electron chi connectivity index (χ1n) is 15.9. The summed E-state index contributed by atoms with van der Waals surface area (Å²) in [6, 6.07) is 4.53. The molecule has 2 spiro atoms. The van der Waals surface area contributed by atoms with Crippen molar-refractivity contribution in [3.63, 3.8) is 0 Å². The van der Waals surface area contributed by atoms with Crippen LogP contribution in [-0.4, -0.2) is 58.7 Å². The molecule has 6 fully saturated rings. The Morgan fingerprint density at radius 3 is 2.66 bits per heavy atom. The highest BCUT2D eigenvalue weighted by molar-refractivity contribution is 5.63. The van der Waals surface area contributed by atoms with Gasteiger partial charge in [0.2, 0.25) is 0 Å². The van der Waals surface area contributed by atoms with Gasteiger partial charge in [-0.15, -0.1) is 0 Å². The fraction of sp³-hybridized carbons (Fsp3) is 0.818. The number of rotatable bonds is 7. The van der Waals surface area contributed by atoms with E-state index in [1.807, 2.05) is 13.2 Å². The van der Waals surface area contributed by atoms with Gasteiger partial charge in [0, 0.05) is 42.0 Å². The average molecular weight is 522 g/mol. The van der Waals surface area contributed by atoms with E-state index in [2.05, 4.69) is 17.9 Å². The molecule has 4 bridgehead atoms. The van der Waals surface area contributed by atoms with Crippen molar-refractivity contribution in [2.24, 2.45) is 23.2 Å². The Kier molecular flexibility index (Phi) is 5.24. The van der Waals surface area contributed by atoms with Crippen molar-refractivity contribution in [1.29, 1.82) is 0 Å². The number of likely N-dealkylation sites (tertiary alicyclic amines) is 1. The van der Waals surface area contributed by atoms with Crippen LogP contribution in [0.2, 0.25) is 0 Å². The van der Waals surface area contributed by atoms with Crippen molar-refractivity contribution in [3.8, 4) is 11.5 Å². The molecule has 6 aliphatic carbocycles. The Morgan fingerprint density at radius 2 is 1.89 bits per heavy atom. The summed E-state index contributed by atoms with van der Waals surface area (Å²) >= 11 is 0. The summed E-state index contributed by atoms with van der Waals surface area (Å²) in [5.74, 6) is 2.68. The van der Waals surface area contributed by atoms with Gasteiger partial charge in [0.15, 0.2) is 11.5 Å². The number of fused-ring (bicyclic) bond motifs is 2. The lowest BCUT2D eigenvalue weighted by Crippen LogP contribution is -2.82. The maximum Gasteiger partial charge on any atom is 0.165 e. The van der Waals surface area contributed by atoms with Gasteiger partial charge in [-0.25, -0.2) is 0 Å². The first kappa shape index (κ1) is 24.5. The molecule has 0 amide bonds. The fourth-order valence-corrected chi connectivity index (χ4v) is 11.3. The second kappa shape index (κ2) is 8.13. The fourth-order valence-electron chi connectivity index (χ4n) is 11.3. The molecule has 38 heavy (non-hydrogen) atoms. The monoisotopic (exact) mass is 521 g/mol. The lowest BCUT2D eigenvalue weighted by Gasteiger charge is -2.75. The van der Waals surface area contributed by atoms with Crippen LogP contribution in [0, 0.1) is 23.2 Å². The molecule has 2 aliphatic heterocycles. The van der Waals surface area contributed by atoms with E-state index in [4.69, 9.17) is 9.47 Å². The summed E-state index contributed by atoms with van der Waals surface area (Å²) in [6.07, 6.45) is 16.5. The molecule has 7 atom stereocenters. The molecule has 5 heteroatoms. The van der Waals surface area contributed by atoms with E-state index in [0.717, 1.165) is 69.1 Å². The summed E-state index contributed by atoms with van der Waals surface area (Å²) in [4.78, 5) is 2.85. The van der Waals surface area contributed by atoms with Gasteiger partial charge in [0.05, 0.1) is 5.60 Å². The van der Waals surface area contributed by atoms with Gasteiger partial charge in [0.25, 0.3) is 0 Å². The first-order valence-corrected chi connectivity index (χ1v) is 15.9. The highest BCUT2D eigenvalue weighted by Gasteiger charge is 2.81. The zero-order chi connectivity index (χ0) is 25.9. The summed E-state index contributed by atoms with van der Waals surface area (Å²) in [6.45, 7) is 4.46. The lowest BCUT2D eigenvalue weighted by atomic mass is 9.33. The Labute approximate surface area is 228 Å². The predicted octanol–water partition coefficient (Wildman–Crippen LogP) is 5.73. The Bertz CT molecular complexity index is 1120. The summed E-state index contributed by atoms with van der Waals surface area (Å²) in [5.41, 5.74) is 1.32. The van der Waals surface area contributed by atoms with E-state index in [0.29, 0.717) is 6.04 Å². The van der Waals surface area contributed by atoms with E-state index in [1.165, 1.54) is 62.6 Å². The van der Waals surface area contributed by atoms with Gasteiger partial charge in [-0.3, -0.25) is 4.90 Å². The number of benzene rings is 1. The second-order valence-corrected chi connectivity index (χ2v) is 14.8. The molecule has 1 aromatic rings. The van der Waals surface area contributed by atoms with Crippen LogP contribution in [0.25, 0.3) is 0 Å². The minimum Gasteiger partial charge on any atom is -0.504 e. The third-order valence-electron chi connectivity index (χ3n) is 13.2. The van der Waals surface area contributed by atoms with E-state index in [9.17, 15) is 10.2 Å². The van der Waals surface area contributed by atoms with Gasteiger partial charge < -0.3 is 19.7 Å². The van der Waals surface area contributed by atoms with Gasteiger partial charge >= 0.3 is 0 Å². The van der Waals surface area contributed by atoms with Crippen LogP contribution >= 0.6 is 0 Å². The Hall–Kier alpha value is -1.30. The van der Waals surface area contributed by atoms with Gasteiger partial charge in [-0.1, -0.05) is 38.2 Å². The number of ether oxygens (including phenoxy) is 2. The Morgan fingerprint density at radius 1 is 1.08 bits per heavy atom. The third kappa shape index (κ3) is 3.00.